The van der Waals surface area contributed by atoms with E-state index in [0.717, 1.165) is 5.92 Å². The maximum absolute atomic E-state index is 2.27. The van der Waals surface area contributed by atoms with Crippen molar-refractivity contribution in [1.82, 2.24) is 4.90 Å². The lowest BCUT2D eigenvalue weighted by atomic mass is 10.1. The highest BCUT2D eigenvalue weighted by Crippen LogP contribution is 2.09. The molecule has 2 heteroatoms. The van der Waals surface area contributed by atoms with Crippen molar-refractivity contribution < 1.29 is 0 Å². The minimum absolute atomic E-state index is 0.880. The van der Waals surface area contributed by atoms with Crippen LogP contribution in [0, 0.1) is 5.92 Å². The van der Waals surface area contributed by atoms with E-state index in [1.807, 2.05) is 25.6 Å². The highest BCUT2D eigenvalue weighted by Gasteiger charge is 2.05. The van der Waals surface area contributed by atoms with Crippen LogP contribution in [0.1, 0.15) is 27.2 Å². The van der Waals surface area contributed by atoms with Crippen LogP contribution >= 0.6 is 11.8 Å². The second-order valence-corrected chi connectivity index (χ2v) is 3.90. The molecule has 0 rings (SSSR count). The summed E-state index contributed by atoms with van der Waals surface area (Å²) in [6, 6.07) is 0. The fourth-order valence-corrected chi connectivity index (χ4v) is 1.86. The first kappa shape index (κ1) is 14.8. The van der Waals surface area contributed by atoms with E-state index in [9.17, 15) is 0 Å². The van der Waals surface area contributed by atoms with Crippen LogP contribution in [0.3, 0.4) is 0 Å². The third kappa shape index (κ3) is 10.3. The van der Waals surface area contributed by atoms with Crippen molar-refractivity contribution in [2.45, 2.75) is 27.2 Å². The van der Waals surface area contributed by atoms with Gasteiger partial charge in [-0.05, 0) is 32.0 Å². The summed E-state index contributed by atoms with van der Waals surface area (Å²) in [5, 5.41) is 0. The molecule has 0 N–H and O–H groups in total. The topological polar surface area (TPSA) is 3.24 Å². The van der Waals surface area contributed by atoms with Crippen molar-refractivity contribution >= 4 is 11.8 Å². The Morgan fingerprint density at radius 2 is 1.75 bits per heavy atom. The molecule has 0 aromatic carbocycles. The molecule has 1 nitrogen and oxygen atoms in total. The normalized spacial score (nSPS) is 12.2. The fourth-order valence-electron chi connectivity index (χ4n) is 1.05. The van der Waals surface area contributed by atoms with Crippen molar-refractivity contribution in [2.75, 3.05) is 32.6 Å². The predicted molar refractivity (Wildman–Crippen MR) is 62.1 cm³/mol. The van der Waals surface area contributed by atoms with E-state index in [2.05, 4.69) is 32.2 Å². The molecule has 12 heavy (non-hydrogen) atoms. The zero-order valence-electron chi connectivity index (χ0n) is 9.55. The van der Waals surface area contributed by atoms with Gasteiger partial charge >= 0.3 is 0 Å². The maximum Gasteiger partial charge on any atom is 0.00113 e. The van der Waals surface area contributed by atoms with Gasteiger partial charge in [0.05, 0.1) is 0 Å². The SMILES string of the molecule is CC.CCC(CSC)CN(C)C. The Morgan fingerprint density at radius 1 is 1.25 bits per heavy atom. The van der Waals surface area contributed by atoms with Gasteiger partial charge in [-0.1, -0.05) is 27.2 Å². The van der Waals surface area contributed by atoms with Crippen LogP contribution in [-0.4, -0.2) is 37.5 Å². The molecule has 0 spiro atoms. The summed E-state index contributed by atoms with van der Waals surface area (Å²) < 4.78 is 0. The average molecular weight is 191 g/mol. The van der Waals surface area contributed by atoms with Gasteiger partial charge in [0.1, 0.15) is 0 Å². The van der Waals surface area contributed by atoms with Gasteiger partial charge in [-0.25, -0.2) is 0 Å². The van der Waals surface area contributed by atoms with Gasteiger partial charge in [-0.15, -0.1) is 0 Å². The molecule has 0 aliphatic heterocycles. The van der Waals surface area contributed by atoms with Crippen molar-refractivity contribution in [1.29, 1.82) is 0 Å². The van der Waals surface area contributed by atoms with Crippen molar-refractivity contribution in [2.24, 2.45) is 5.92 Å². The molecule has 0 saturated carbocycles. The molecule has 1 unspecified atom stereocenters. The molecule has 0 fully saturated rings. The average Bonchev–Trinajstić information content (AvgIpc) is 2.07. The lowest BCUT2D eigenvalue weighted by Crippen LogP contribution is -2.22. The van der Waals surface area contributed by atoms with Crippen LogP contribution in [0.15, 0.2) is 0 Å². The number of rotatable bonds is 5. The van der Waals surface area contributed by atoms with Gasteiger partial charge in [0.15, 0.2) is 0 Å². The van der Waals surface area contributed by atoms with E-state index in [0.29, 0.717) is 0 Å². The summed E-state index contributed by atoms with van der Waals surface area (Å²) in [5.41, 5.74) is 0. The van der Waals surface area contributed by atoms with Gasteiger partial charge < -0.3 is 4.90 Å². The minimum Gasteiger partial charge on any atom is -0.309 e. The largest absolute Gasteiger partial charge is 0.309 e. The zero-order chi connectivity index (χ0) is 9.98. The summed E-state index contributed by atoms with van der Waals surface area (Å²) >= 11 is 1.95. The Kier molecular flexibility index (Phi) is 14.0. The Morgan fingerprint density at radius 3 is 2.00 bits per heavy atom. The highest BCUT2D eigenvalue weighted by molar-refractivity contribution is 7.98. The Bertz CT molecular complexity index is 74.2. The fraction of sp³-hybridized carbons (Fsp3) is 1.00. The predicted octanol–water partition coefficient (Wildman–Crippen LogP) is 2.96. The summed E-state index contributed by atoms with van der Waals surface area (Å²) in [6.07, 6.45) is 3.48. The van der Waals surface area contributed by atoms with Crippen LogP contribution < -0.4 is 0 Å². The van der Waals surface area contributed by atoms with E-state index >= 15 is 0 Å². The van der Waals surface area contributed by atoms with E-state index in [4.69, 9.17) is 0 Å². The molecular formula is C10H25NS. The Labute approximate surface area is 82.9 Å². The van der Waals surface area contributed by atoms with Gasteiger partial charge in [0, 0.05) is 6.54 Å². The molecule has 0 heterocycles. The summed E-state index contributed by atoms with van der Waals surface area (Å²) in [6.45, 7) is 7.50. The molecule has 1 atom stereocenters. The standard InChI is InChI=1S/C8H19NS.C2H6/c1-5-8(7-10-4)6-9(2)3;1-2/h8H,5-7H2,1-4H3;1-2H3. The van der Waals surface area contributed by atoms with Crippen LogP contribution in [0.4, 0.5) is 0 Å². The van der Waals surface area contributed by atoms with Crippen LogP contribution in [0.5, 0.6) is 0 Å². The smallest absolute Gasteiger partial charge is 0.00113 e. The van der Waals surface area contributed by atoms with Crippen LogP contribution in [0.2, 0.25) is 0 Å². The molecule has 0 saturated heterocycles. The lowest BCUT2D eigenvalue weighted by Gasteiger charge is -2.18. The third-order valence-corrected chi connectivity index (χ3v) is 2.41. The highest BCUT2D eigenvalue weighted by atomic mass is 32.2. The van der Waals surface area contributed by atoms with Crippen LogP contribution in [-0.2, 0) is 0 Å². The number of hydrogen-bond acceptors (Lipinski definition) is 2. The third-order valence-electron chi connectivity index (χ3n) is 1.60. The second kappa shape index (κ2) is 11.3. The number of nitrogens with zero attached hydrogens (tertiary/aromatic N) is 1. The van der Waals surface area contributed by atoms with Gasteiger partial charge in [0.2, 0.25) is 0 Å². The first-order valence-electron chi connectivity index (χ1n) is 4.84. The first-order chi connectivity index (χ1) is 5.70. The summed E-state index contributed by atoms with van der Waals surface area (Å²) in [7, 11) is 4.28. The maximum atomic E-state index is 2.27. The number of hydrogen-bond donors (Lipinski definition) is 0. The van der Waals surface area contributed by atoms with Crippen molar-refractivity contribution in [3.8, 4) is 0 Å². The quantitative estimate of drug-likeness (QED) is 0.657. The number of thioether (sulfide) groups is 1. The Balaban J connectivity index is 0. The zero-order valence-corrected chi connectivity index (χ0v) is 10.4. The molecule has 0 aliphatic carbocycles. The second-order valence-electron chi connectivity index (χ2n) is 2.99. The van der Waals surface area contributed by atoms with Crippen molar-refractivity contribution in [3.05, 3.63) is 0 Å². The minimum atomic E-state index is 0.880. The molecular weight excluding hydrogens is 166 g/mol. The van der Waals surface area contributed by atoms with Gasteiger partial charge in [-0.3, -0.25) is 0 Å². The monoisotopic (exact) mass is 191 g/mol. The van der Waals surface area contributed by atoms with E-state index in [-0.39, 0.29) is 0 Å². The Hall–Kier alpha value is 0.310. The molecule has 0 bridgehead atoms. The molecule has 0 aromatic heterocycles. The summed E-state index contributed by atoms with van der Waals surface area (Å²) in [4.78, 5) is 2.27. The summed E-state index contributed by atoms with van der Waals surface area (Å²) in [5.74, 6) is 2.18. The van der Waals surface area contributed by atoms with E-state index in [1.54, 1.807) is 0 Å². The van der Waals surface area contributed by atoms with Crippen molar-refractivity contribution in [3.63, 3.8) is 0 Å². The van der Waals surface area contributed by atoms with E-state index < -0.39 is 0 Å². The van der Waals surface area contributed by atoms with Gasteiger partial charge in [0.25, 0.3) is 0 Å². The van der Waals surface area contributed by atoms with Gasteiger partial charge in [-0.2, -0.15) is 11.8 Å². The lowest BCUT2D eigenvalue weighted by molar-refractivity contribution is 0.337. The molecule has 0 radical (unpaired) electrons. The molecule has 0 aliphatic rings. The van der Waals surface area contributed by atoms with E-state index in [1.165, 1.54) is 18.7 Å². The molecule has 0 amide bonds. The van der Waals surface area contributed by atoms with Crippen LogP contribution in [0.25, 0.3) is 0 Å². The molecule has 0 aromatic rings. The first-order valence-corrected chi connectivity index (χ1v) is 6.23. The molecule has 76 valence electrons.